The van der Waals surface area contributed by atoms with Crippen molar-refractivity contribution < 1.29 is 9.47 Å². The molecule has 1 aromatic carbocycles. The number of likely N-dealkylation sites (N-methyl/N-ethyl adjacent to an activating group) is 1. The lowest BCUT2D eigenvalue weighted by atomic mass is 9.83. The summed E-state index contributed by atoms with van der Waals surface area (Å²) in [6.45, 7) is 3.75. The van der Waals surface area contributed by atoms with Gasteiger partial charge < -0.3 is 14.4 Å². The van der Waals surface area contributed by atoms with E-state index in [9.17, 15) is 0 Å². The monoisotopic (exact) mass is 442 g/mol. The van der Waals surface area contributed by atoms with E-state index in [4.69, 9.17) is 44.9 Å². The zero-order valence-electron chi connectivity index (χ0n) is 16.3. The highest BCUT2D eigenvalue weighted by Gasteiger charge is 2.48. The van der Waals surface area contributed by atoms with E-state index in [1.807, 2.05) is 18.2 Å². The highest BCUT2D eigenvalue weighted by Crippen LogP contribution is 2.40. The van der Waals surface area contributed by atoms with Gasteiger partial charge in [-0.3, -0.25) is 4.90 Å². The van der Waals surface area contributed by atoms with Crippen LogP contribution in [0.3, 0.4) is 0 Å². The van der Waals surface area contributed by atoms with E-state index < -0.39 is 5.79 Å². The van der Waals surface area contributed by atoms with E-state index in [-0.39, 0.29) is 0 Å². The van der Waals surface area contributed by atoms with Gasteiger partial charge in [0, 0.05) is 38.4 Å². The molecule has 2 aliphatic heterocycles. The van der Waals surface area contributed by atoms with Gasteiger partial charge in [-0.1, -0.05) is 41.5 Å². The highest BCUT2D eigenvalue weighted by molar-refractivity contribution is 7.80. The summed E-state index contributed by atoms with van der Waals surface area (Å²) in [7, 11) is 2.13. The molecule has 1 saturated carbocycles. The van der Waals surface area contributed by atoms with Crippen LogP contribution >= 0.6 is 35.4 Å². The Morgan fingerprint density at radius 2 is 1.93 bits per heavy atom. The third-order valence-electron chi connectivity index (χ3n) is 6.44. The topological polar surface area (TPSA) is 24.9 Å². The zero-order valence-corrected chi connectivity index (χ0v) is 18.7. The van der Waals surface area contributed by atoms with Crippen molar-refractivity contribution >= 4 is 40.4 Å². The van der Waals surface area contributed by atoms with Gasteiger partial charge in [0.2, 0.25) is 0 Å². The van der Waals surface area contributed by atoms with Crippen molar-refractivity contribution in [1.29, 1.82) is 0 Å². The fraction of sp³-hybridized carbons (Fsp3) is 0.667. The molecule has 0 amide bonds. The maximum atomic E-state index is 6.19. The summed E-state index contributed by atoms with van der Waals surface area (Å²) in [6.07, 6.45) is 6.19. The number of benzene rings is 1. The van der Waals surface area contributed by atoms with Gasteiger partial charge in [0.1, 0.15) is 0 Å². The van der Waals surface area contributed by atoms with Gasteiger partial charge in [-0.05, 0) is 50.0 Å². The number of halogens is 2. The zero-order chi connectivity index (χ0) is 19.7. The smallest absolute Gasteiger partial charge is 0.170 e. The average Bonchev–Trinajstić information content (AvgIpc) is 3.37. The van der Waals surface area contributed by atoms with E-state index in [1.165, 1.54) is 25.9 Å². The molecule has 0 radical (unpaired) electrons. The van der Waals surface area contributed by atoms with Gasteiger partial charge in [0.15, 0.2) is 5.79 Å². The molecule has 154 valence electrons. The number of rotatable bonds is 4. The van der Waals surface area contributed by atoms with Crippen molar-refractivity contribution in [3.63, 3.8) is 0 Å². The largest absolute Gasteiger partial charge is 0.364 e. The second-order valence-corrected chi connectivity index (χ2v) is 9.44. The van der Waals surface area contributed by atoms with Crippen LogP contribution in [0.15, 0.2) is 18.2 Å². The van der Waals surface area contributed by atoms with Gasteiger partial charge in [-0.15, -0.1) is 0 Å². The molecule has 2 heterocycles. The Morgan fingerprint density at radius 3 is 2.61 bits per heavy atom. The molecular weight excluding hydrogens is 415 g/mol. The molecule has 0 aromatic heterocycles. The molecule has 7 heteroatoms. The number of hydrogen-bond donors (Lipinski definition) is 0. The number of thiocarbonyl (C=S) groups is 1. The van der Waals surface area contributed by atoms with Crippen molar-refractivity contribution in [2.24, 2.45) is 0 Å². The van der Waals surface area contributed by atoms with Crippen LogP contribution in [0, 0.1) is 0 Å². The van der Waals surface area contributed by atoms with Crippen molar-refractivity contribution in [2.75, 3.05) is 33.4 Å². The van der Waals surface area contributed by atoms with E-state index in [1.54, 1.807) is 0 Å². The second-order valence-electron chi connectivity index (χ2n) is 8.16. The molecule has 4 nitrogen and oxygen atoms in total. The molecule has 3 aliphatic rings. The van der Waals surface area contributed by atoms with Crippen molar-refractivity contribution in [2.45, 2.75) is 56.4 Å². The van der Waals surface area contributed by atoms with Crippen molar-refractivity contribution in [3.8, 4) is 0 Å². The lowest BCUT2D eigenvalue weighted by Crippen LogP contribution is -2.58. The van der Waals surface area contributed by atoms with Gasteiger partial charge in [0.25, 0.3) is 0 Å². The van der Waals surface area contributed by atoms with Crippen LogP contribution < -0.4 is 0 Å². The van der Waals surface area contributed by atoms with Crippen LogP contribution in [0.4, 0.5) is 0 Å². The normalized spacial score (nSPS) is 27.4. The summed E-state index contributed by atoms with van der Waals surface area (Å²) in [5.74, 6) is -0.422. The quantitative estimate of drug-likeness (QED) is 0.636. The summed E-state index contributed by atoms with van der Waals surface area (Å²) in [4.78, 5) is 5.85. The first kappa shape index (κ1) is 20.8. The summed E-state index contributed by atoms with van der Waals surface area (Å²) in [5.41, 5.74) is 1.09. The number of hydrogen-bond acceptors (Lipinski definition) is 4. The Hall–Kier alpha value is -0.430. The number of nitrogens with zero attached hydrogens (tertiary/aromatic N) is 2. The fourth-order valence-electron chi connectivity index (χ4n) is 4.90. The third kappa shape index (κ3) is 4.35. The molecule has 28 heavy (non-hydrogen) atoms. The number of likely N-dealkylation sites (tertiary alicyclic amines) is 1. The van der Waals surface area contributed by atoms with Crippen LogP contribution in [0.5, 0.6) is 0 Å². The standard InChI is InChI=1S/C21H28Cl2N2O2S/c1-24(20(28)13-15-4-5-16(22)17(23)12-15)19-14-21(26-10-11-27-21)7-6-18(19)25-8-2-3-9-25/h4-5,12,18-19H,2-3,6-11,13-14H2,1H3. The lowest BCUT2D eigenvalue weighted by Gasteiger charge is -2.48. The Labute approximate surface area is 183 Å². The molecule has 0 N–H and O–H groups in total. The van der Waals surface area contributed by atoms with E-state index in [0.717, 1.165) is 29.8 Å². The Kier molecular flexibility index (Phi) is 6.50. The lowest BCUT2D eigenvalue weighted by molar-refractivity contribution is -0.194. The van der Waals surface area contributed by atoms with E-state index in [0.29, 0.717) is 41.8 Å². The van der Waals surface area contributed by atoms with Crippen molar-refractivity contribution in [1.82, 2.24) is 9.80 Å². The molecular formula is C21H28Cl2N2O2S. The van der Waals surface area contributed by atoms with E-state index >= 15 is 0 Å². The van der Waals surface area contributed by atoms with Crippen LogP contribution in [0.2, 0.25) is 10.0 Å². The summed E-state index contributed by atoms with van der Waals surface area (Å²) in [5, 5.41) is 1.15. The van der Waals surface area contributed by atoms with Gasteiger partial charge in [-0.25, -0.2) is 0 Å². The van der Waals surface area contributed by atoms with E-state index in [2.05, 4.69) is 16.8 Å². The fourth-order valence-corrected chi connectivity index (χ4v) is 5.53. The minimum absolute atomic E-state index is 0.292. The molecule has 1 spiro atoms. The van der Waals surface area contributed by atoms with Gasteiger partial charge in [-0.2, -0.15) is 0 Å². The summed E-state index contributed by atoms with van der Waals surface area (Å²) < 4.78 is 12.1. The summed E-state index contributed by atoms with van der Waals surface area (Å²) in [6, 6.07) is 6.54. The third-order valence-corrected chi connectivity index (χ3v) is 7.61. The molecule has 1 aliphatic carbocycles. The predicted molar refractivity (Wildman–Crippen MR) is 117 cm³/mol. The summed E-state index contributed by atoms with van der Waals surface area (Å²) >= 11 is 18.1. The molecule has 4 rings (SSSR count). The Morgan fingerprint density at radius 1 is 1.21 bits per heavy atom. The molecule has 2 atom stereocenters. The minimum atomic E-state index is -0.422. The first-order chi connectivity index (χ1) is 13.5. The molecule has 3 fully saturated rings. The SMILES string of the molecule is CN(C(=S)Cc1ccc(Cl)c(Cl)c1)C1CC2(CCC1N1CCCC1)OCCO2. The highest BCUT2D eigenvalue weighted by atomic mass is 35.5. The first-order valence-electron chi connectivity index (χ1n) is 10.2. The Balaban J connectivity index is 1.50. The first-order valence-corrected chi connectivity index (χ1v) is 11.4. The molecule has 2 unspecified atom stereocenters. The van der Waals surface area contributed by atoms with Crippen LogP contribution in [0.1, 0.15) is 37.7 Å². The average molecular weight is 443 g/mol. The van der Waals surface area contributed by atoms with Crippen LogP contribution in [0.25, 0.3) is 0 Å². The van der Waals surface area contributed by atoms with Crippen molar-refractivity contribution in [3.05, 3.63) is 33.8 Å². The predicted octanol–water partition coefficient (Wildman–Crippen LogP) is 4.56. The maximum absolute atomic E-state index is 6.19. The number of ether oxygens (including phenoxy) is 2. The maximum Gasteiger partial charge on any atom is 0.170 e. The molecule has 0 bridgehead atoms. The second kappa shape index (κ2) is 8.75. The van der Waals surface area contributed by atoms with Crippen LogP contribution in [-0.2, 0) is 15.9 Å². The van der Waals surface area contributed by atoms with Gasteiger partial charge in [0.05, 0.1) is 28.2 Å². The van der Waals surface area contributed by atoms with Gasteiger partial charge >= 0.3 is 0 Å². The molecule has 1 aromatic rings. The molecule has 2 saturated heterocycles. The minimum Gasteiger partial charge on any atom is -0.364 e. The van der Waals surface area contributed by atoms with Crippen LogP contribution in [-0.4, -0.2) is 66.0 Å². The Bertz CT molecular complexity index is 720.